The predicted octanol–water partition coefficient (Wildman–Crippen LogP) is 3.86. The standard InChI is InChI=1S/C18H16N4O3S/c1-10-6-13(21-22(10)2)17(23)20-18-19-14(9-26-18)16-7-11-4-5-12(24-3)8-15(11)25-16/h4-9H,1-3H3,(H,19,20,23). The van der Waals surface area contributed by atoms with E-state index in [1.807, 2.05) is 36.6 Å². The molecule has 0 aliphatic heterocycles. The molecule has 0 spiro atoms. The van der Waals surface area contributed by atoms with Gasteiger partial charge in [-0.25, -0.2) is 4.98 Å². The highest BCUT2D eigenvalue weighted by atomic mass is 32.1. The lowest BCUT2D eigenvalue weighted by Gasteiger charge is -1.97. The summed E-state index contributed by atoms with van der Waals surface area (Å²) in [5, 5.41) is 10.2. The molecular weight excluding hydrogens is 352 g/mol. The average Bonchev–Trinajstić information content (AvgIpc) is 3.33. The molecule has 0 atom stereocenters. The van der Waals surface area contributed by atoms with Crippen molar-refractivity contribution in [3.05, 3.63) is 47.1 Å². The number of carbonyl (C=O) groups excluding carboxylic acids is 1. The van der Waals surface area contributed by atoms with Crippen LogP contribution in [0.25, 0.3) is 22.4 Å². The molecule has 26 heavy (non-hydrogen) atoms. The molecule has 4 rings (SSSR count). The predicted molar refractivity (Wildman–Crippen MR) is 99.8 cm³/mol. The van der Waals surface area contributed by atoms with Crippen LogP contribution in [0.15, 0.2) is 40.1 Å². The molecule has 3 aromatic heterocycles. The number of nitrogens with zero attached hydrogens (tertiary/aromatic N) is 3. The zero-order valence-electron chi connectivity index (χ0n) is 14.4. The Bertz CT molecular complexity index is 1090. The molecule has 0 saturated heterocycles. The Balaban J connectivity index is 1.56. The monoisotopic (exact) mass is 368 g/mol. The summed E-state index contributed by atoms with van der Waals surface area (Å²) < 4.78 is 12.7. The van der Waals surface area contributed by atoms with Gasteiger partial charge in [-0.3, -0.25) is 14.8 Å². The van der Waals surface area contributed by atoms with Crippen LogP contribution in [-0.2, 0) is 7.05 Å². The first-order chi connectivity index (χ1) is 12.5. The fourth-order valence-corrected chi connectivity index (χ4v) is 3.24. The Kier molecular flexibility index (Phi) is 3.96. The molecule has 3 heterocycles. The van der Waals surface area contributed by atoms with E-state index < -0.39 is 0 Å². The molecule has 1 aromatic carbocycles. The SMILES string of the molecule is COc1ccc2cc(-c3csc(NC(=O)c4cc(C)n(C)n4)n3)oc2c1. The van der Waals surface area contributed by atoms with E-state index in [2.05, 4.69) is 15.4 Å². The number of thiazole rings is 1. The number of fused-ring (bicyclic) bond motifs is 1. The summed E-state index contributed by atoms with van der Waals surface area (Å²) in [6.45, 7) is 1.89. The Morgan fingerprint density at radius 2 is 2.15 bits per heavy atom. The van der Waals surface area contributed by atoms with Gasteiger partial charge in [0, 0.05) is 29.6 Å². The van der Waals surface area contributed by atoms with E-state index in [1.165, 1.54) is 11.3 Å². The zero-order valence-corrected chi connectivity index (χ0v) is 15.3. The van der Waals surface area contributed by atoms with Gasteiger partial charge in [0.1, 0.15) is 17.0 Å². The van der Waals surface area contributed by atoms with Crippen molar-refractivity contribution < 1.29 is 13.9 Å². The maximum Gasteiger partial charge on any atom is 0.277 e. The molecule has 0 unspecified atom stereocenters. The zero-order chi connectivity index (χ0) is 18.3. The van der Waals surface area contributed by atoms with E-state index in [0.29, 0.717) is 22.3 Å². The van der Waals surface area contributed by atoms with Gasteiger partial charge in [-0.05, 0) is 31.2 Å². The van der Waals surface area contributed by atoms with E-state index in [0.717, 1.165) is 22.4 Å². The molecule has 7 nitrogen and oxygen atoms in total. The van der Waals surface area contributed by atoms with Crippen LogP contribution in [0.5, 0.6) is 5.75 Å². The summed E-state index contributed by atoms with van der Waals surface area (Å²) in [5.41, 5.74) is 2.66. The van der Waals surface area contributed by atoms with E-state index in [9.17, 15) is 4.79 Å². The molecule has 0 aliphatic rings. The van der Waals surface area contributed by atoms with Crippen LogP contribution in [0.2, 0.25) is 0 Å². The van der Waals surface area contributed by atoms with Gasteiger partial charge in [0.2, 0.25) is 0 Å². The molecule has 4 aromatic rings. The van der Waals surface area contributed by atoms with Gasteiger partial charge < -0.3 is 9.15 Å². The lowest BCUT2D eigenvalue weighted by Crippen LogP contribution is -2.12. The average molecular weight is 368 g/mol. The Morgan fingerprint density at radius 1 is 1.31 bits per heavy atom. The Morgan fingerprint density at radius 3 is 2.88 bits per heavy atom. The smallest absolute Gasteiger partial charge is 0.277 e. The molecule has 8 heteroatoms. The van der Waals surface area contributed by atoms with Crippen LogP contribution < -0.4 is 10.1 Å². The highest BCUT2D eigenvalue weighted by Crippen LogP contribution is 2.32. The van der Waals surface area contributed by atoms with Crippen molar-refractivity contribution in [1.29, 1.82) is 0 Å². The van der Waals surface area contributed by atoms with Crippen molar-refractivity contribution in [3.63, 3.8) is 0 Å². The Hall–Kier alpha value is -3.13. The maximum atomic E-state index is 12.3. The maximum absolute atomic E-state index is 12.3. The lowest BCUT2D eigenvalue weighted by molar-refractivity contribution is 0.102. The lowest BCUT2D eigenvalue weighted by atomic mass is 10.2. The number of furan rings is 1. The Labute approximate surface area is 153 Å². The minimum Gasteiger partial charge on any atom is -0.497 e. The molecule has 132 valence electrons. The van der Waals surface area contributed by atoms with Crippen molar-refractivity contribution >= 4 is 33.3 Å². The minimum absolute atomic E-state index is 0.288. The normalized spacial score (nSPS) is 11.0. The van der Waals surface area contributed by atoms with Crippen molar-refractivity contribution in [2.24, 2.45) is 7.05 Å². The number of nitrogens with one attached hydrogen (secondary N) is 1. The second kappa shape index (κ2) is 6.30. The summed E-state index contributed by atoms with van der Waals surface area (Å²) in [5.74, 6) is 1.08. The molecule has 1 N–H and O–H groups in total. The number of hydrogen-bond acceptors (Lipinski definition) is 6. The second-order valence-electron chi connectivity index (χ2n) is 5.80. The van der Waals surface area contributed by atoms with Crippen molar-refractivity contribution in [2.75, 3.05) is 12.4 Å². The van der Waals surface area contributed by atoms with Gasteiger partial charge in [0.15, 0.2) is 16.6 Å². The third-order valence-electron chi connectivity index (χ3n) is 4.05. The topological polar surface area (TPSA) is 82.2 Å². The number of amides is 1. The number of aromatic nitrogens is 3. The van der Waals surface area contributed by atoms with Crippen LogP contribution in [0.1, 0.15) is 16.2 Å². The number of carbonyl (C=O) groups is 1. The first-order valence-corrected chi connectivity index (χ1v) is 8.77. The number of aryl methyl sites for hydroxylation is 2. The van der Waals surface area contributed by atoms with Crippen LogP contribution in [0.4, 0.5) is 5.13 Å². The summed E-state index contributed by atoms with van der Waals surface area (Å²) in [4.78, 5) is 16.7. The van der Waals surface area contributed by atoms with E-state index in [4.69, 9.17) is 9.15 Å². The fraction of sp³-hybridized carbons (Fsp3) is 0.167. The molecule has 0 radical (unpaired) electrons. The fourth-order valence-electron chi connectivity index (χ4n) is 2.54. The molecule has 0 fully saturated rings. The second-order valence-corrected chi connectivity index (χ2v) is 6.66. The third kappa shape index (κ3) is 2.95. The summed E-state index contributed by atoms with van der Waals surface area (Å²) in [7, 11) is 3.41. The largest absolute Gasteiger partial charge is 0.497 e. The van der Waals surface area contributed by atoms with Crippen LogP contribution in [0, 0.1) is 6.92 Å². The van der Waals surface area contributed by atoms with Crippen LogP contribution >= 0.6 is 11.3 Å². The molecular formula is C18H16N4O3S. The first kappa shape index (κ1) is 16.3. The number of anilines is 1. The first-order valence-electron chi connectivity index (χ1n) is 7.89. The van der Waals surface area contributed by atoms with Gasteiger partial charge in [-0.15, -0.1) is 11.3 Å². The molecule has 1 amide bonds. The number of rotatable bonds is 4. The van der Waals surface area contributed by atoms with Gasteiger partial charge in [0.05, 0.1) is 7.11 Å². The number of ether oxygens (including phenoxy) is 1. The summed E-state index contributed by atoms with van der Waals surface area (Å²) in [6.07, 6.45) is 0. The highest BCUT2D eigenvalue weighted by molar-refractivity contribution is 7.14. The van der Waals surface area contributed by atoms with Gasteiger partial charge >= 0.3 is 0 Å². The minimum atomic E-state index is -0.288. The van der Waals surface area contributed by atoms with Crippen LogP contribution in [-0.4, -0.2) is 27.8 Å². The molecule has 0 aliphatic carbocycles. The number of hydrogen-bond donors (Lipinski definition) is 1. The molecule has 0 saturated carbocycles. The van der Waals surface area contributed by atoms with Crippen molar-refractivity contribution in [1.82, 2.24) is 14.8 Å². The quantitative estimate of drug-likeness (QED) is 0.591. The molecule has 0 bridgehead atoms. The van der Waals surface area contributed by atoms with Crippen molar-refractivity contribution in [3.8, 4) is 17.2 Å². The van der Waals surface area contributed by atoms with Gasteiger partial charge in [-0.1, -0.05) is 0 Å². The number of benzene rings is 1. The summed E-state index contributed by atoms with van der Waals surface area (Å²) in [6, 6.07) is 9.29. The number of methoxy groups -OCH3 is 1. The van der Waals surface area contributed by atoms with E-state index in [1.54, 1.807) is 24.9 Å². The van der Waals surface area contributed by atoms with Gasteiger partial charge in [0.25, 0.3) is 5.91 Å². The highest BCUT2D eigenvalue weighted by Gasteiger charge is 2.15. The van der Waals surface area contributed by atoms with Gasteiger partial charge in [-0.2, -0.15) is 5.10 Å². The third-order valence-corrected chi connectivity index (χ3v) is 4.81. The summed E-state index contributed by atoms with van der Waals surface area (Å²) >= 11 is 1.33. The van der Waals surface area contributed by atoms with Crippen molar-refractivity contribution in [2.45, 2.75) is 6.92 Å². The van der Waals surface area contributed by atoms with Crippen LogP contribution in [0.3, 0.4) is 0 Å². The van der Waals surface area contributed by atoms with E-state index >= 15 is 0 Å². The van der Waals surface area contributed by atoms with E-state index in [-0.39, 0.29) is 5.91 Å².